The SMILES string of the molecule is O=C(Nc1ccc(I)cn1)c1cccc2c(Cl)cccc12. The van der Waals surface area contributed by atoms with E-state index >= 15 is 0 Å². The number of carbonyl (C=O) groups excluding carboxylic acids is 1. The summed E-state index contributed by atoms with van der Waals surface area (Å²) in [4.78, 5) is 16.6. The van der Waals surface area contributed by atoms with E-state index in [0.29, 0.717) is 16.4 Å². The molecule has 0 aliphatic carbocycles. The number of aromatic nitrogens is 1. The first-order chi connectivity index (χ1) is 10.1. The van der Waals surface area contributed by atoms with Crippen LogP contribution in [0.3, 0.4) is 0 Å². The van der Waals surface area contributed by atoms with Crippen LogP contribution in [0.25, 0.3) is 10.8 Å². The molecule has 3 nitrogen and oxygen atoms in total. The zero-order valence-corrected chi connectivity index (χ0v) is 13.7. The van der Waals surface area contributed by atoms with Crippen LogP contribution >= 0.6 is 34.2 Å². The van der Waals surface area contributed by atoms with Crippen molar-refractivity contribution in [3.8, 4) is 0 Å². The summed E-state index contributed by atoms with van der Waals surface area (Å²) in [7, 11) is 0. The molecule has 0 radical (unpaired) electrons. The maximum atomic E-state index is 12.4. The predicted molar refractivity (Wildman–Crippen MR) is 93.9 cm³/mol. The van der Waals surface area contributed by atoms with Crippen LogP contribution in [0.15, 0.2) is 54.7 Å². The van der Waals surface area contributed by atoms with Gasteiger partial charge >= 0.3 is 0 Å². The smallest absolute Gasteiger partial charge is 0.257 e. The lowest BCUT2D eigenvalue weighted by atomic mass is 10.0. The van der Waals surface area contributed by atoms with Gasteiger partial charge in [-0.2, -0.15) is 0 Å². The summed E-state index contributed by atoms with van der Waals surface area (Å²) in [5.74, 6) is 0.330. The fraction of sp³-hybridized carbons (Fsp3) is 0. The number of fused-ring (bicyclic) bond motifs is 1. The summed E-state index contributed by atoms with van der Waals surface area (Å²) in [5.41, 5.74) is 0.579. The molecule has 0 aliphatic rings. The minimum atomic E-state index is -0.198. The molecule has 3 aromatic rings. The minimum absolute atomic E-state index is 0.198. The van der Waals surface area contributed by atoms with E-state index in [1.807, 2.05) is 36.4 Å². The molecule has 1 N–H and O–H groups in total. The summed E-state index contributed by atoms with van der Waals surface area (Å²) < 4.78 is 1.02. The standard InChI is InChI=1S/C16H10ClIN2O/c17-14-6-2-3-11-12(14)4-1-5-13(11)16(21)20-15-8-7-10(18)9-19-15/h1-9H,(H,19,20,21). The van der Waals surface area contributed by atoms with Gasteiger partial charge in [-0.25, -0.2) is 4.98 Å². The summed E-state index contributed by atoms with van der Waals surface area (Å²) in [6, 6.07) is 14.7. The van der Waals surface area contributed by atoms with E-state index in [4.69, 9.17) is 11.6 Å². The van der Waals surface area contributed by atoms with Crippen molar-refractivity contribution in [2.24, 2.45) is 0 Å². The molecule has 0 aliphatic heterocycles. The van der Waals surface area contributed by atoms with E-state index in [1.54, 1.807) is 18.3 Å². The van der Waals surface area contributed by atoms with Crippen molar-refractivity contribution < 1.29 is 4.79 Å². The van der Waals surface area contributed by atoms with Gasteiger partial charge in [0.15, 0.2) is 0 Å². The highest BCUT2D eigenvalue weighted by Gasteiger charge is 2.11. The van der Waals surface area contributed by atoms with Crippen molar-refractivity contribution in [1.82, 2.24) is 4.98 Å². The fourth-order valence-electron chi connectivity index (χ4n) is 2.10. The maximum Gasteiger partial charge on any atom is 0.257 e. The summed E-state index contributed by atoms with van der Waals surface area (Å²) in [6.45, 7) is 0. The number of carbonyl (C=O) groups is 1. The Bertz CT molecular complexity index is 818. The molecule has 0 fully saturated rings. The average molecular weight is 409 g/mol. The number of anilines is 1. The van der Waals surface area contributed by atoms with E-state index in [0.717, 1.165) is 14.3 Å². The number of nitrogens with one attached hydrogen (secondary N) is 1. The lowest BCUT2D eigenvalue weighted by Gasteiger charge is -2.08. The number of nitrogens with zero attached hydrogens (tertiary/aromatic N) is 1. The monoisotopic (exact) mass is 408 g/mol. The normalized spacial score (nSPS) is 10.6. The van der Waals surface area contributed by atoms with Gasteiger partial charge in [0, 0.05) is 25.7 Å². The lowest BCUT2D eigenvalue weighted by Crippen LogP contribution is -2.13. The van der Waals surface area contributed by atoms with Gasteiger partial charge in [-0.05, 0) is 52.2 Å². The fourth-order valence-corrected chi connectivity index (χ4v) is 2.66. The number of benzene rings is 2. The molecule has 0 unspecified atom stereocenters. The van der Waals surface area contributed by atoms with Crippen LogP contribution in [-0.4, -0.2) is 10.9 Å². The van der Waals surface area contributed by atoms with Gasteiger partial charge in [0.2, 0.25) is 0 Å². The topological polar surface area (TPSA) is 42.0 Å². The van der Waals surface area contributed by atoms with Crippen molar-refractivity contribution in [2.45, 2.75) is 0 Å². The molecular weight excluding hydrogens is 399 g/mol. The number of amides is 1. The van der Waals surface area contributed by atoms with Crippen LogP contribution in [0.5, 0.6) is 0 Å². The summed E-state index contributed by atoms with van der Waals surface area (Å²) >= 11 is 8.33. The summed E-state index contributed by atoms with van der Waals surface area (Å²) in [5, 5.41) is 5.12. The Morgan fingerprint density at radius 3 is 2.57 bits per heavy atom. The second-order valence-corrected chi connectivity index (χ2v) is 6.11. The zero-order valence-electron chi connectivity index (χ0n) is 10.8. The third-order valence-electron chi connectivity index (χ3n) is 3.08. The molecule has 0 atom stereocenters. The van der Waals surface area contributed by atoms with Gasteiger partial charge in [0.1, 0.15) is 5.82 Å². The molecule has 1 amide bonds. The van der Waals surface area contributed by atoms with Crippen molar-refractivity contribution in [3.05, 3.63) is 68.9 Å². The van der Waals surface area contributed by atoms with Crippen LogP contribution < -0.4 is 5.32 Å². The van der Waals surface area contributed by atoms with Crippen LogP contribution in [0, 0.1) is 3.57 Å². The highest BCUT2D eigenvalue weighted by atomic mass is 127. The largest absolute Gasteiger partial charge is 0.307 e. The van der Waals surface area contributed by atoms with E-state index < -0.39 is 0 Å². The zero-order chi connectivity index (χ0) is 14.8. The molecule has 1 aromatic heterocycles. The molecule has 104 valence electrons. The Labute approximate surface area is 140 Å². The third kappa shape index (κ3) is 3.01. The van der Waals surface area contributed by atoms with Gasteiger partial charge < -0.3 is 5.32 Å². The van der Waals surface area contributed by atoms with Crippen molar-refractivity contribution in [2.75, 3.05) is 5.32 Å². The Kier molecular flexibility index (Phi) is 4.07. The Hall–Kier alpha value is -1.66. The Balaban J connectivity index is 1.98. The number of halogens is 2. The molecule has 21 heavy (non-hydrogen) atoms. The number of pyridine rings is 1. The van der Waals surface area contributed by atoms with Gasteiger partial charge in [-0.15, -0.1) is 0 Å². The van der Waals surface area contributed by atoms with Crippen LogP contribution in [0.4, 0.5) is 5.82 Å². The highest BCUT2D eigenvalue weighted by Crippen LogP contribution is 2.26. The molecule has 1 heterocycles. The Morgan fingerprint density at radius 1 is 1.05 bits per heavy atom. The van der Waals surface area contributed by atoms with Crippen molar-refractivity contribution in [1.29, 1.82) is 0 Å². The van der Waals surface area contributed by atoms with Gasteiger partial charge in [0.25, 0.3) is 5.91 Å². The van der Waals surface area contributed by atoms with Crippen molar-refractivity contribution in [3.63, 3.8) is 0 Å². The van der Waals surface area contributed by atoms with E-state index in [2.05, 4.69) is 32.9 Å². The second kappa shape index (κ2) is 5.99. The second-order valence-electron chi connectivity index (χ2n) is 4.46. The molecule has 0 spiro atoms. The quantitative estimate of drug-likeness (QED) is 0.622. The van der Waals surface area contributed by atoms with Gasteiger partial charge in [-0.1, -0.05) is 35.9 Å². The van der Waals surface area contributed by atoms with E-state index in [9.17, 15) is 4.79 Å². The predicted octanol–water partition coefficient (Wildman–Crippen LogP) is 4.75. The Morgan fingerprint density at radius 2 is 1.81 bits per heavy atom. The molecule has 5 heteroatoms. The van der Waals surface area contributed by atoms with E-state index in [1.165, 1.54) is 0 Å². The van der Waals surface area contributed by atoms with Crippen LogP contribution in [0.2, 0.25) is 5.02 Å². The molecule has 0 bridgehead atoms. The van der Waals surface area contributed by atoms with Gasteiger partial charge in [-0.3, -0.25) is 4.79 Å². The van der Waals surface area contributed by atoms with Gasteiger partial charge in [0.05, 0.1) is 0 Å². The molecule has 0 saturated carbocycles. The first-order valence-electron chi connectivity index (χ1n) is 6.25. The highest BCUT2D eigenvalue weighted by molar-refractivity contribution is 14.1. The molecular formula is C16H10ClIN2O. The third-order valence-corrected chi connectivity index (χ3v) is 4.05. The van der Waals surface area contributed by atoms with Crippen molar-refractivity contribution >= 4 is 56.7 Å². The number of hydrogen-bond donors (Lipinski definition) is 1. The van der Waals surface area contributed by atoms with Crippen LogP contribution in [0.1, 0.15) is 10.4 Å². The summed E-state index contributed by atoms with van der Waals surface area (Å²) in [6.07, 6.45) is 1.70. The van der Waals surface area contributed by atoms with Crippen LogP contribution in [-0.2, 0) is 0 Å². The number of hydrogen-bond acceptors (Lipinski definition) is 2. The first kappa shape index (κ1) is 14.3. The average Bonchev–Trinajstić information content (AvgIpc) is 2.49. The molecule has 2 aromatic carbocycles. The maximum absolute atomic E-state index is 12.4. The minimum Gasteiger partial charge on any atom is -0.307 e. The van der Waals surface area contributed by atoms with E-state index in [-0.39, 0.29) is 5.91 Å². The number of rotatable bonds is 2. The first-order valence-corrected chi connectivity index (χ1v) is 7.71. The molecule has 3 rings (SSSR count). The molecule has 0 saturated heterocycles. The lowest BCUT2D eigenvalue weighted by molar-refractivity contribution is 0.102.